The van der Waals surface area contributed by atoms with Gasteiger partial charge in [-0.2, -0.15) is 0 Å². The van der Waals surface area contributed by atoms with Crippen LogP contribution in [-0.2, 0) is 31.4 Å². The van der Waals surface area contributed by atoms with Crippen LogP contribution in [0.3, 0.4) is 0 Å². The quantitative estimate of drug-likeness (QED) is 0.741. The number of amides is 2. The van der Waals surface area contributed by atoms with Crippen molar-refractivity contribution in [2.24, 2.45) is 0 Å². The van der Waals surface area contributed by atoms with Gasteiger partial charge in [-0.1, -0.05) is 12.8 Å². The highest BCUT2D eigenvalue weighted by atomic mass is 32.2. The van der Waals surface area contributed by atoms with E-state index >= 15 is 0 Å². The molecule has 28 heavy (non-hydrogen) atoms. The third-order valence-corrected chi connectivity index (χ3v) is 7.32. The molecule has 3 aliphatic rings. The zero-order chi connectivity index (χ0) is 19.5. The lowest BCUT2D eigenvalue weighted by molar-refractivity contribution is -0.120. The molecule has 144 valence electrons. The molecule has 0 bridgehead atoms. The summed E-state index contributed by atoms with van der Waals surface area (Å²) in [5.74, 6) is -0.133. The van der Waals surface area contributed by atoms with Crippen molar-refractivity contribution in [2.75, 3.05) is 15.4 Å². The zero-order valence-electron chi connectivity index (χ0n) is 15.0. The molecule has 1 spiro atoms. The van der Waals surface area contributed by atoms with Crippen molar-refractivity contribution in [2.45, 2.75) is 42.4 Å². The van der Waals surface area contributed by atoms with Gasteiger partial charge in [-0.15, -0.1) is 0 Å². The highest BCUT2D eigenvalue weighted by Crippen LogP contribution is 2.49. The molecule has 0 saturated heterocycles. The van der Waals surface area contributed by atoms with Crippen LogP contribution in [0.4, 0.5) is 17.1 Å². The first-order chi connectivity index (χ1) is 13.4. The average Bonchev–Trinajstić information content (AvgIpc) is 3.34. The van der Waals surface area contributed by atoms with Crippen molar-refractivity contribution in [1.29, 1.82) is 0 Å². The van der Waals surface area contributed by atoms with Gasteiger partial charge in [0.25, 0.3) is 10.0 Å². The van der Waals surface area contributed by atoms with Gasteiger partial charge in [-0.3, -0.25) is 14.3 Å². The van der Waals surface area contributed by atoms with Crippen molar-refractivity contribution in [3.05, 3.63) is 47.5 Å². The summed E-state index contributed by atoms with van der Waals surface area (Å²) in [5, 5.41) is 5.62. The largest absolute Gasteiger partial charge is 0.326 e. The summed E-state index contributed by atoms with van der Waals surface area (Å²) >= 11 is 0. The highest BCUT2D eigenvalue weighted by molar-refractivity contribution is 7.92. The number of fused-ring (bicyclic) bond motifs is 3. The van der Waals surface area contributed by atoms with E-state index in [2.05, 4.69) is 15.4 Å². The molecule has 8 heteroatoms. The first-order valence-electron chi connectivity index (χ1n) is 9.29. The second-order valence-corrected chi connectivity index (χ2v) is 9.34. The molecule has 3 N–H and O–H groups in total. The van der Waals surface area contributed by atoms with Crippen molar-refractivity contribution in [3.8, 4) is 0 Å². The molecule has 2 aromatic carbocycles. The van der Waals surface area contributed by atoms with E-state index in [0.29, 0.717) is 16.9 Å². The van der Waals surface area contributed by atoms with Crippen LogP contribution in [0.5, 0.6) is 0 Å². The number of hydrogen-bond donors (Lipinski definition) is 3. The summed E-state index contributed by atoms with van der Waals surface area (Å²) in [6.45, 7) is 0. The monoisotopic (exact) mass is 397 g/mol. The SMILES string of the molecule is O=C1Cc2cc(S(=O)(=O)Nc3ccc4c(c3)C3(CCCC3)C(=O)N4)ccc2N1. The summed E-state index contributed by atoms with van der Waals surface area (Å²) in [5.41, 5.74) is 2.85. The minimum Gasteiger partial charge on any atom is -0.326 e. The van der Waals surface area contributed by atoms with Crippen LogP contribution < -0.4 is 15.4 Å². The molecule has 7 nitrogen and oxygen atoms in total. The van der Waals surface area contributed by atoms with Crippen molar-refractivity contribution >= 4 is 38.9 Å². The van der Waals surface area contributed by atoms with E-state index in [1.54, 1.807) is 24.3 Å². The molecule has 1 saturated carbocycles. The lowest BCUT2D eigenvalue weighted by atomic mass is 9.80. The van der Waals surface area contributed by atoms with Gasteiger partial charge in [0.1, 0.15) is 0 Å². The van der Waals surface area contributed by atoms with E-state index in [1.165, 1.54) is 12.1 Å². The van der Waals surface area contributed by atoms with Crippen molar-refractivity contribution in [1.82, 2.24) is 0 Å². The summed E-state index contributed by atoms with van der Waals surface area (Å²) in [7, 11) is -3.81. The van der Waals surface area contributed by atoms with Crippen LogP contribution >= 0.6 is 0 Å². The minimum absolute atomic E-state index is 0.01000. The van der Waals surface area contributed by atoms with Gasteiger partial charge in [0, 0.05) is 17.1 Å². The van der Waals surface area contributed by atoms with Crippen LogP contribution in [0.2, 0.25) is 0 Å². The lowest BCUT2D eigenvalue weighted by Gasteiger charge is -2.21. The second-order valence-electron chi connectivity index (χ2n) is 7.65. The molecule has 0 aromatic heterocycles. The predicted octanol–water partition coefficient (Wildman–Crippen LogP) is 2.75. The summed E-state index contributed by atoms with van der Waals surface area (Å²) in [4.78, 5) is 24.1. The maximum absolute atomic E-state index is 12.9. The fourth-order valence-electron chi connectivity index (χ4n) is 4.54. The van der Waals surface area contributed by atoms with Crippen molar-refractivity contribution < 1.29 is 18.0 Å². The van der Waals surface area contributed by atoms with Gasteiger partial charge in [-0.05, 0) is 60.4 Å². The van der Waals surface area contributed by atoms with E-state index in [1.807, 2.05) is 0 Å². The molecule has 2 amide bonds. The van der Waals surface area contributed by atoms with Gasteiger partial charge >= 0.3 is 0 Å². The molecule has 1 fully saturated rings. The minimum atomic E-state index is -3.81. The highest BCUT2D eigenvalue weighted by Gasteiger charge is 2.48. The molecular formula is C20H19N3O4S. The zero-order valence-corrected chi connectivity index (χ0v) is 15.9. The van der Waals surface area contributed by atoms with E-state index in [-0.39, 0.29) is 23.1 Å². The third-order valence-electron chi connectivity index (χ3n) is 5.94. The van der Waals surface area contributed by atoms with Crippen LogP contribution in [-0.4, -0.2) is 20.2 Å². The maximum Gasteiger partial charge on any atom is 0.261 e. The molecular weight excluding hydrogens is 378 g/mol. The first-order valence-corrected chi connectivity index (χ1v) is 10.8. The molecule has 1 aliphatic carbocycles. The molecule has 0 atom stereocenters. The Bertz CT molecular complexity index is 1130. The fraction of sp³-hybridized carbons (Fsp3) is 0.300. The smallest absolute Gasteiger partial charge is 0.261 e. The predicted molar refractivity (Wildman–Crippen MR) is 105 cm³/mol. The van der Waals surface area contributed by atoms with Crippen LogP contribution in [0.25, 0.3) is 0 Å². The number of sulfonamides is 1. The maximum atomic E-state index is 12.9. The number of carbonyl (C=O) groups excluding carboxylic acids is 2. The van der Waals surface area contributed by atoms with E-state index in [0.717, 1.165) is 36.9 Å². The number of nitrogens with one attached hydrogen (secondary N) is 3. The van der Waals surface area contributed by atoms with Gasteiger partial charge in [0.2, 0.25) is 11.8 Å². The second kappa shape index (κ2) is 5.81. The molecule has 0 unspecified atom stereocenters. The summed E-state index contributed by atoms with van der Waals surface area (Å²) in [6, 6.07) is 9.78. The summed E-state index contributed by atoms with van der Waals surface area (Å²) in [6.07, 6.45) is 3.73. The topological polar surface area (TPSA) is 104 Å². The number of benzene rings is 2. The van der Waals surface area contributed by atoms with Gasteiger partial charge < -0.3 is 10.6 Å². The Morgan fingerprint density at radius 2 is 1.68 bits per heavy atom. The van der Waals surface area contributed by atoms with Gasteiger partial charge in [0.05, 0.1) is 16.7 Å². The average molecular weight is 397 g/mol. The van der Waals surface area contributed by atoms with E-state index in [4.69, 9.17) is 0 Å². The van der Waals surface area contributed by atoms with Crippen LogP contribution in [0, 0.1) is 0 Å². The number of anilines is 3. The fourth-order valence-corrected chi connectivity index (χ4v) is 5.64. The third kappa shape index (κ3) is 2.51. The molecule has 2 aliphatic heterocycles. The Kier molecular flexibility index (Phi) is 3.58. The Morgan fingerprint density at radius 3 is 2.46 bits per heavy atom. The Labute approximate surface area is 162 Å². The molecule has 0 radical (unpaired) electrons. The molecule has 2 heterocycles. The molecule has 2 aromatic rings. The Morgan fingerprint density at radius 1 is 0.929 bits per heavy atom. The number of carbonyl (C=O) groups is 2. The molecule has 5 rings (SSSR count). The number of hydrogen-bond acceptors (Lipinski definition) is 4. The Hall–Kier alpha value is -2.87. The van der Waals surface area contributed by atoms with Gasteiger partial charge in [0.15, 0.2) is 0 Å². The Balaban J connectivity index is 1.47. The summed E-state index contributed by atoms with van der Waals surface area (Å²) < 4.78 is 28.3. The van der Waals surface area contributed by atoms with Gasteiger partial charge in [-0.25, -0.2) is 8.42 Å². The van der Waals surface area contributed by atoms with Crippen molar-refractivity contribution in [3.63, 3.8) is 0 Å². The number of rotatable bonds is 3. The van der Waals surface area contributed by atoms with Crippen LogP contribution in [0.1, 0.15) is 36.8 Å². The normalized spacial score (nSPS) is 19.3. The van der Waals surface area contributed by atoms with E-state index < -0.39 is 15.4 Å². The standard InChI is InChI=1S/C20H19N3O4S/c24-18-10-12-9-14(4-6-16(12)21-18)28(26,27)23-13-3-5-17-15(11-13)20(19(25)22-17)7-1-2-8-20/h3-6,9,11,23H,1-2,7-8,10H2,(H,21,24)(H,22,25). The first kappa shape index (κ1) is 17.2. The lowest BCUT2D eigenvalue weighted by Crippen LogP contribution is -2.31. The van der Waals surface area contributed by atoms with Crippen LogP contribution in [0.15, 0.2) is 41.3 Å². The van der Waals surface area contributed by atoms with E-state index in [9.17, 15) is 18.0 Å².